The van der Waals surface area contributed by atoms with Gasteiger partial charge < -0.3 is 14.5 Å². The average molecular weight is 259 g/mol. The normalized spacial score (nSPS) is 17.5. The molecule has 0 bridgehead atoms. The molecule has 1 unspecified atom stereocenters. The van der Waals surface area contributed by atoms with E-state index in [-0.39, 0.29) is 6.04 Å². The van der Waals surface area contributed by atoms with Gasteiger partial charge in [-0.1, -0.05) is 25.1 Å². The van der Waals surface area contributed by atoms with Crippen LogP contribution in [0.2, 0.25) is 0 Å². The Morgan fingerprint density at radius 3 is 2.89 bits per heavy atom. The first-order valence-electron chi connectivity index (χ1n) is 7.20. The minimum absolute atomic E-state index is 0.151. The van der Waals surface area contributed by atoms with E-state index in [0.29, 0.717) is 12.7 Å². The lowest BCUT2D eigenvalue weighted by Gasteiger charge is -2.27. The summed E-state index contributed by atoms with van der Waals surface area (Å²) in [6.07, 6.45) is 4.18. The van der Waals surface area contributed by atoms with Crippen molar-refractivity contribution >= 4 is 11.0 Å². The molecular formula is C16H21NO2. The Labute approximate surface area is 113 Å². The van der Waals surface area contributed by atoms with Crippen LogP contribution in [0, 0.1) is 0 Å². The highest BCUT2D eigenvalue weighted by Crippen LogP contribution is 2.27. The molecule has 3 nitrogen and oxygen atoms in total. The Morgan fingerprint density at radius 2 is 2.21 bits per heavy atom. The summed E-state index contributed by atoms with van der Waals surface area (Å²) in [6.45, 7) is 3.72. The van der Waals surface area contributed by atoms with Crippen LogP contribution in [-0.2, 0) is 4.74 Å². The molecule has 1 fully saturated rings. The maximum atomic E-state index is 5.92. The number of hydrogen-bond acceptors (Lipinski definition) is 3. The number of nitrogens with one attached hydrogen (secondary N) is 1. The molecule has 1 aliphatic rings. The zero-order valence-corrected chi connectivity index (χ0v) is 11.4. The van der Waals surface area contributed by atoms with Crippen LogP contribution in [0.4, 0.5) is 0 Å². The summed E-state index contributed by atoms with van der Waals surface area (Å²) in [5.74, 6) is 0.974. The first-order chi connectivity index (χ1) is 9.36. The molecule has 3 heteroatoms. The van der Waals surface area contributed by atoms with Gasteiger partial charge in [0.25, 0.3) is 0 Å². The maximum absolute atomic E-state index is 5.92. The molecule has 1 saturated carbocycles. The highest BCUT2D eigenvalue weighted by molar-refractivity contribution is 5.77. The molecule has 0 saturated heterocycles. The first kappa shape index (κ1) is 12.7. The van der Waals surface area contributed by atoms with Crippen LogP contribution in [0.3, 0.4) is 0 Å². The van der Waals surface area contributed by atoms with Gasteiger partial charge in [-0.3, -0.25) is 0 Å². The minimum Gasteiger partial charge on any atom is -0.459 e. The van der Waals surface area contributed by atoms with Gasteiger partial charge in [0.15, 0.2) is 0 Å². The van der Waals surface area contributed by atoms with Crippen molar-refractivity contribution in [2.24, 2.45) is 0 Å². The van der Waals surface area contributed by atoms with E-state index in [9.17, 15) is 0 Å². The molecule has 1 N–H and O–H groups in total. The molecule has 19 heavy (non-hydrogen) atoms. The lowest BCUT2D eigenvalue weighted by atomic mass is 9.96. The van der Waals surface area contributed by atoms with Crippen molar-refractivity contribution in [2.45, 2.75) is 38.3 Å². The monoisotopic (exact) mass is 259 g/mol. The Morgan fingerprint density at radius 1 is 1.37 bits per heavy atom. The third kappa shape index (κ3) is 2.82. The van der Waals surface area contributed by atoms with Crippen LogP contribution >= 0.6 is 0 Å². The van der Waals surface area contributed by atoms with E-state index in [2.05, 4.69) is 24.4 Å². The molecular weight excluding hydrogens is 238 g/mol. The molecule has 3 rings (SSSR count). The molecule has 0 aliphatic heterocycles. The van der Waals surface area contributed by atoms with E-state index in [0.717, 1.165) is 23.3 Å². The second-order valence-electron chi connectivity index (χ2n) is 5.18. The SMILES string of the molecule is CCNC(COC1CCC1)c1cc2ccccc2o1. The fraction of sp³-hybridized carbons (Fsp3) is 0.500. The Balaban J connectivity index is 1.73. The minimum atomic E-state index is 0.151. The Hall–Kier alpha value is -1.32. The maximum Gasteiger partial charge on any atom is 0.134 e. The van der Waals surface area contributed by atoms with E-state index in [1.807, 2.05) is 18.2 Å². The number of hydrogen-bond donors (Lipinski definition) is 1. The highest BCUT2D eigenvalue weighted by Gasteiger charge is 2.22. The van der Waals surface area contributed by atoms with Crippen LogP contribution in [0.5, 0.6) is 0 Å². The molecule has 0 spiro atoms. The van der Waals surface area contributed by atoms with E-state index < -0.39 is 0 Å². The van der Waals surface area contributed by atoms with Gasteiger partial charge in [0.05, 0.1) is 18.8 Å². The standard InChI is InChI=1S/C16H21NO2/c1-2-17-14(11-18-13-7-5-8-13)16-10-12-6-3-4-9-15(12)19-16/h3-4,6,9-10,13-14,17H,2,5,7-8,11H2,1H3. The lowest BCUT2D eigenvalue weighted by molar-refractivity contribution is -0.0108. The summed E-state index contributed by atoms with van der Waals surface area (Å²) < 4.78 is 11.8. The predicted molar refractivity (Wildman–Crippen MR) is 76.2 cm³/mol. The van der Waals surface area contributed by atoms with Crippen LogP contribution in [0.1, 0.15) is 38.0 Å². The third-order valence-electron chi connectivity index (χ3n) is 3.79. The molecule has 1 aromatic carbocycles. The molecule has 0 amide bonds. The van der Waals surface area contributed by atoms with Crippen LogP contribution in [0.15, 0.2) is 34.7 Å². The second-order valence-corrected chi connectivity index (χ2v) is 5.18. The number of ether oxygens (including phenoxy) is 1. The van der Waals surface area contributed by atoms with Crippen LogP contribution in [-0.4, -0.2) is 19.3 Å². The average Bonchev–Trinajstić information content (AvgIpc) is 2.79. The number of fused-ring (bicyclic) bond motifs is 1. The fourth-order valence-electron chi connectivity index (χ4n) is 2.43. The van der Waals surface area contributed by atoms with Crippen molar-refractivity contribution < 1.29 is 9.15 Å². The molecule has 0 radical (unpaired) electrons. The lowest BCUT2D eigenvalue weighted by Crippen LogP contribution is -2.30. The summed E-state index contributed by atoms with van der Waals surface area (Å²) in [7, 11) is 0. The summed E-state index contributed by atoms with van der Waals surface area (Å²) >= 11 is 0. The third-order valence-corrected chi connectivity index (χ3v) is 3.79. The summed E-state index contributed by atoms with van der Waals surface area (Å²) in [6, 6.07) is 10.4. The van der Waals surface area contributed by atoms with Crippen molar-refractivity contribution in [1.29, 1.82) is 0 Å². The summed E-state index contributed by atoms with van der Waals surface area (Å²) in [5, 5.41) is 4.60. The number of furan rings is 1. The van der Waals surface area contributed by atoms with Gasteiger partial charge in [-0.15, -0.1) is 0 Å². The van der Waals surface area contributed by atoms with Gasteiger partial charge in [0.2, 0.25) is 0 Å². The zero-order valence-electron chi connectivity index (χ0n) is 11.4. The van der Waals surface area contributed by atoms with E-state index in [1.54, 1.807) is 0 Å². The molecule has 1 aromatic heterocycles. The van der Waals surface area contributed by atoms with Gasteiger partial charge >= 0.3 is 0 Å². The summed E-state index contributed by atoms with van der Waals surface area (Å²) in [5.41, 5.74) is 0.948. The highest BCUT2D eigenvalue weighted by atomic mass is 16.5. The number of benzene rings is 1. The molecule has 1 heterocycles. The zero-order chi connectivity index (χ0) is 13.1. The van der Waals surface area contributed by atoms with E-state index >= 15 is 0 Å². The fourth-order valence-corrected chi connectivity index (χ4v) is 2.43. The Kier molecular flexibility index (Phi) is 3.85. The van der Waals surface area contributed by atoms with Crippen LogP contribution < -0.4 is 5.32 Å². The smallest absolute Gasteiger partial charge is 0.134 e. The number of para-hydroxylation sites is 1. The number of likely N-dealkylation sites (N-methyl/N-ethyl adjacent to an activating group) is 1. The van der Waals surface area contributed by atoms with Gasteiger partial charge in [0, 0.05) is 5.39 Å². The predicted octanol–water partition coefficient (Wildman–Crippen LogP) is 3.65. The van der Waals surface area contributed by atoms with Gasteiger partial charge in [-0.05, 0) is 37.9 Å². The quantitative estimate of drug-likeness (QED) is 0.859. The van der Waals surface area contributed by atoms with Crippen molar-refractivity contribution in [1.82, 2.24) is 5.32 Å². The summed E-state index contributed by atoms with van der Waals surface area (Å²) in [4.78, 5) is 0. The largest absolute Gasteiger partial charge is 0.459 e. The first-order valence-corrected chi connectivity index (χ1v) is 7.20. The topological polar surface area (TPSA) is 34.4 Å². The molecule has 2 aromatic rings. The second kappa shape index (κ2) is 5.76. The van der Waals surface area contributed by atoms with Gasteiger partial charge in [-0.2, -0.15) is 0 Å². The van der Waals surface area contributed by atoms with Crippen molar-refractivity contribution in [3.63, 3.8) is 0 Å². The van der Waals surface area contributed by atoms with Gasteiger partial charge in [-0.25, -0.2) is 0 Å². The van der Waals surface area contributed by atoms with Crippen LogP contribution in [0.25, 0.3) is 11.0 Å². The van der Waals surface area contributed by atoms with Crippen molar-refractivity contribution in [3.05, 3.63) is 36.1 Å². The molecule has 1 aliphatic carbocycles. The van der Waals surface area contributed by atoms with E-state index in [4.69, 9.17) is 9.15 Å². The van der Waals surface area contributed by atoms with Crippen molar-refractivity contribution in [3.8, 4) is 0 Å². The van der Waals surface area contributed by atoms with E-state index in [1.165, 1.54) is 19.3 Å². The molecule has 1 atom stereocenters. The molecule has 102 valence electrons. The van der Waals surface area contributed by atoms with Crippen molar-refractivity contribution in [2.75, 3.05) is 13.2 Å². The number of rotatable bonds is 6. The Bertz CT molecular complexity index is 497. The van der Waals surface area contributed by atoms with Gasteiger partial charge in [0.1, 0.15) is 11.3 Å².